The van der Waals surface area contributed by atoms with E-state index in [1.165, 1.54) is 25.3 Å². The minimum Gasteiger partial charge on any atom is -0.480 e. The third-order valence-electron chi connectivity index (χ3n) is 6.74. The van der Waals surface area contributed by atoms with E-state index in [4.69, 9.17) is 4.84 Å². The van der Waals surface area contributed by atoms with E-state index in [1.807, 2.05) is 31.2 Å². The maximum Gasteiger partial charge on any atom is 0.317 e. The van der Waals surface area contributed by atoms with Crippen LogP contribution >= 0.6 is 0 Å². The number of aryl methyl sites for hydroxylation is 1. The van der Waals surface area contributed by atoms with Crippen LogP contribution in [0.2, 0.25) is 0 Å². The number of nitrogens with zero attached hydrogens (tertiary/aromatic N) is 3. The van der Waals surface area contributed by atoms with Gasteiger partial charge in [0.15, 0.2) is 6.61 Å². The zero-order valence-corrected chi connectivity index (χ0v) is 22.0. The second-order valence-electron chi connectivity index (χ2n) is 9.69. The van der Waals surface area contributed by atoms with E-state index in [-0.39, 0.29) is 31.3 Å². The number of hydrogen-bond acceptors (Lipinski definition) is 7. The van der Waals surface area contributed by atoms with E-state index in [2.05, 4.69) is 10.5 Å². The number of nitrogens with one attached hydrogen (secondary N) is 1. The molecule has 1 aliphatic carbocycles. The van der Waals surface area contributed by atoms with Gasteiger partial charge < -0.3 is 15.3 Å². The fraction of sp³-hybridized carbons (Fsp3) is 0.464. The van der Waals surface area contributed by atoms with E-state index < -0.39 is 10.9 Å². The highest BCUT2D eigenvalue weighted by Crippen LogP contribution is 2.25. The van der Waals surface area contributed by atoms with Crippen LogP contribution in [0.4, 0.5) is 5.69 Å². The highest BCUT2D eigenvalue weighted by atomic mass is 16.6. The number of carbonyl (C=O) groups is 2. The molecule has 0 aliphatic heterocycles. The Hall–Kier alpha value is -3.79. The predicted molar refractivity (Wildman–Crippen MR) is 144 cm³/mol. The molecule has 38 heavy (non-hydrogen) atoms. The number of likely N-dealkylation sites (N-methyl/N-ethyl adjacent to an activating group) is 1. The Balaban J connectivity index is 1.83. The summed E-state index contributed by atoms with van der Waals surface area (Å²) in [6, 6.07) is 12.2. The summed E-state index contributed by atoms with van der Waals surface area (Å²) in [4.78, 5) is 41.9. The monoisotopic (exact) mass is 524 g/mol. The third kappa shape index (κ3) is 8.65. The molecule has 0 radical (unpaired) electrons. The van der Waals surface area contributed by atoms with Gasteiger partial charge in [0.25, 0.3) is 11.6 Å². The van der Waals surface area contributed by atoms with Gasteiger partial charge >= 0.3 is 5.97 Å². The van der Waals surface area contributed by atoms with Gasteiger partial charge in [-0.3, -0.25) is 24.6 Å². The molecule has 0 saturated heterocycles. The Kier molecular flexibility index (Phi) is 10.8. The molecule has 2 N–H and O–H groups in total. The van der Waals surface area contributed by atoms with Gasteiger partial charge in [0, 0.05) is 35.8 Å². The van der Waals surface area contributed by atoms with Gasteiger partial charge in [0.2, 0.25) is 0 Å². The lowest BCUT2D eigenvalue weighted by atomic mass is 9.89. The summed E-state index contributed by atoms with van der Waals surface area (Å²) in [5.74, 6) is -0.761. The van der Waals surface area contributed by atoms with Gasteiger partial charge in [0.1, 0.15) is 5.71 Å². The van der Waals surface area contributed by atoms with Gasteiger partial charge in [-0.05, 0) is 44.4 Å². The Morgan fingerprint density at radius 2 is 1.82 bits per heavy atom. The zero-order chi connectivity index (χ0) is 27.5. The number of carboxylic acid groups (broad SMARTS) is 1. The number of amides is 1. The molecule has 0 spiro atoms. The lowest BCUT2D eigenvalue weighted by molar-refractivity contribution is -0.385. The molecular weight excluding hydrogens is 488 g/mol. The van der Waals surface area contributed by atoms with Crippen LogP contribution < -0.4 is 5.32 Å². The number of aliphatic carboxylic acids is 1. The van der Waals surface area contributed by atoms with Gasteiger partial charge in [-0.1, -0.05) is 61.2 Å². The second kappa shape index (κ2) is 14.2. The van der Waals surface area contributed by atoms with E-state index in [1.54, 1.807) is 24.0 Å². The molecule has 1 aliphatic rings. The maximum atomic E-state index is 12.4. The minimum atomic E-state index is -1.01. The molecule has 1 saturated carbocycles. The van der Waals surface area contributed by atoms with Crippen molar-refractivity contribution < 1.29 is 24.5 Å². The first kappa shape index (κ1) is 28.8. The Bertz CT molecular complexity index is 1140. The summed E-state index contributed by atoms with van der Waals surface area (Å²) in [6.45, 7) is 4.39. The van der Waals surface area contributed by atoms with Crippen molar-refractivity contribution in [2.45, 2.75) is 52.5 Å². The van der Waals surface area contributed by atoms with Crippen LogP contribution in [0.1, 0.15) is 61.3 Å². The Labute approximate surface area is 222 Å². The molecule has 0 unspecified atom stereocenters. The first-order chi connectivity index (χ1) is 18.3. The highest BCUT2D eigenvalue weighted by molar-refractivity contribution is 6.12. The fourth-order valence-corrected chi connectivity index (χ4v) is 4.59. The van der Waals surface area contributed by atoms with Crippen molar-refractivity contribution in [1.82, 2.24) is 10.2 Å². The van der Waals surface area contributed by atoms with Crippen LogP contribution in [0.3, 0.4) is 0 Å². The van der Waals surface area contributed by atoms with E-state index in [0.717, 1.165) is 24.0 Å². The SMILES string of the molecule is CCN(CC(=O)O)Cc1cc(/C(=N/OCC(=O)NCC2CCCCC2)c2ccc(C)cc2)ccc1[N+](=O)[O-]. The number of nitro groups is 1. The molecule has 0 bridgehead atoms. The van der Waals surface area contributed by atoms with E-state index in [0.29, 0.717) is 35.8 Å². The zero-order valence-electron chi connectivity index (χ0n) is 22.0. The molecule has 0 aromatic heterocycles. The Morgan fingerprint density at radius 1 is 1.13 bits per heavy atom. The van der Waals surface area contributed by atoms with Crippen molar-refractivity contribution in [3.05, 3.63) is 74.8 Å². The van der Waals surface area contributed by atoms with Crippen LogP contribution in [0, 0.1) is 23.0 Å². The molecule has 204 valence electrons. The molecular formula is C28H36N4O6. The average Bonchev–Trinajstić information content (AvgIpc) is 2.90. The lowest BCUT2D eigenvalue weighted by Gasteiger charge is -2.21. The number of carbonyl (C=O) groups excluding carboxylic acids is 1. The fourth-order valence-electron chi connectivity index (χ4n) is 4.59. The van der Waals surface area contributed by atoms with Crippen molar-refractivity contribution in [2.75, 3.05) is 26.2 Å². The van der Waals surface area contributed by atoms with Gasteiger partial charge in [-0.15, -0.1) is 0 Å². The number of oxime groups is 1. The van der Waals surface area contributed by atoms with Crippen molar-refractivity contribution in [3.8, 4) is 0 Å². The molecule has 10 heteroatoms. The number of nitro benzene ring substituents is 1. The predicted octanol–water partition coefficient (Wildman–Crippen LogP) is 4.28. The van der Waals surface area contributed by atoms with Crippen molar-refractivity contribution >= 4 is 23.3 Å². The van der Waals surface area contributed by atoms with Crippen LogP contribution in [0.15, 0.2) is 47.6 Å². The Morgan fingerprint density at radius 3 is 2.45 bits per heavy atom. The smallest absolute Gasteiger partial charge is 0.317 e. The number of benzene rings is 2. The van der Waals surface area contributed by atoms with Gasteiger partial charge in [-0.25, -0.2) is 0 Å². The quantitative estimate of drug-likeness (QED) is 0.227. The van der Waals surface area contributed by atoms with Crippen LogP contribution in [0.25, 0.3) is 0 Å². The van der Waals surface area contributed by atoms with Crippen LogP contribution in [-0.4, -0.2) is 58.8 Å². The number of rotatable bonds is 13. The summed E-state index contributed by atoms with van der Waals surface area (Å²) in [6.07, 6.45) is 5.91. The standard InChI is InChI=1S/C28H36N4O6/c1-3-31(18-27(34)35)17-24-15-23(13-14-25(24)32(36)37)28(22-11-9-20(2)10-12-22)30-38-19-26(33)29-16-21-7-5-4-6-8-21/h9-15,21H,3-8,16-19H2,1-2H3,(H,29,33)(H,34,35)/b30-28+. The summed E-state index contributed by atoms with van der Waals surface area (Å²) in [7, 11) is 0. The average molecular weight is 525 g/mol. The maximum absolute atomic E-state index is 12.4. The van der Waals surface area contributed by atoms with Crippen molar-refractivity contribution in [1.29, 1.82) is 0 Å². The summed E-state index contributed by atoms with van der Waals surface area (Å²) in [5.41, 5.74) is 3.00. The summed E-state index contributed by atoms with van der Waals surface area (Å²) >= 11 is 0. The lowest BCUT2D eigenvalue weighted by Crippen LogP contribution is -2.32. The van der Waals surface area contributed by atoms with Gasteiger partial charge in [0.05, 0.1) is 11.5 Å². The van der Waals surface area contributed by atoms with Crippen LogP contribution in [-0.2, 0) is 21.0 Å². The number of carboxylic acids is 1. The van der Waals surface area contributed by atoms with E-state index in [9.17, 15) is 24.8 Å². The molecule has 3 rings (SSSR count). The van der Waals surface area contributed by atoms with E-state index >= 15 is 0 Å². The molecule has 1 fully saturated rings. The van der Waals surface area contributed by atoms with Crippen molar-refractivity contribution in [3.63, 3.8) is 0 Å². The number of hydrogen-bond donors (Lipinski definition) is 2. The molecule has 0 atom stereocenters. The summed E-state index contributed by atoms with van der Waals surface area (Å²) < 4.78 is 0. The molecule has 2 aromatic rings. The molecule has 1 amide bonds. The second-order valence-corrected chi connectivity index (χ2v) is 9.69. The summed E-state index contributed by atoms with van der Waals surface area (Å²) in [5, 5.41) is 28.1. The van der Waals surface area contributed by atoms with Crippen molar-refractivity contribution in [2.24, 2.45) is 11.1 Å². The first-order valence-corrected chi connectivity index (χ1v) is 13.0. The highest BCUT2D eigenvalue weighted by Gasteiger charge is 2.21. The van der Waals surface area contributed by atoms with Gasteiger partial charge in [-0.2, -0.15) is 0 Å². The molecule has 0 heterocycles. The largest absolute Gasteiger partial charge is 0.480 e. The third-order valence-corrected chi connectivity index (χ3v) is 6.74. The minimum absolute atomic E-state index is 0.0819. The molecule has 10 nitrogen and oxygen atoms in total. The first-order valence-electron chi connectivity index (χ1n) is 13.0. The molecule has 2 aromatic carbocycles. The normalized spacial score (nSPS) is 14.3. The topological polar surface area (TPSA) is 134 Å². The van der Waals surface area contributed by atoms with Crippen LogP contribution in [0.5, 0.6) is 0 Å².